The molecule has 0 saturated heterocycles. The van der Waals surface area contributed by atoms with Gasteiger partial charge < -0.3 is 11.1 Å². The minimum atomic E-state index is -0.235. The fourth-order valence-corrected chi connectivity index (χ4v) is 1.15. The topological polar surface area (TPSA) is 68.0 Å². The Morgan fingerprint density at radius 1 is 1.73 bits per heavy atom. The first-order chi connectivity index (χ1) is 7.04. The lowest BCUT2D eigenvalue weighted by atomic mass is 10.1. The van der Waals surface area contributed by atoms with E-state index in [-0.39, 0.29) is 17.0 Å². The van der Waals surface area contributed by atoms with Crippen LogP contribution < -0.4 is 11.1 Å². The molecule has 4 nitrogen and oxygen atoms in total. The van der Waals surface area contributed by atoms with Crippen LogP contribution in [0.3, 0.4) is 0 Å². The zero-order valence-corrected chi connectivity index (χ0v) is 9.51. The first kappa shape index (κ1) is 11.9. The molecule has 15 heavy (non-hydrogen) atoms. The maximum atomic E-state index is 11.5. The minimum Gasteiger partial charge on any atom is -0.330 e. The molecule has 1 amide bonds. The molecule has 3 N–H and O–H groups in total. The Hall–Kier alpha value is -1.13. The third kappa shape index (κ3) is 3.18. The van der Waals surface area contributed by atoms with Gasteiger partial charge in [-0.1, -0.05) is 18.5 Å². The predicted octanol–water partition coefficient (Wildman–Crippen LogP) is 1.58. The van der Waals surface area contributed by atoms with Crippen molar-refractivity contribution in [2.45, 2.75) is 13.8 Å². The molecule has 1 aromatic heterocycles. The van der Waals surface area contributed by atoms with Crippen molar-refractivity contribution in [1.29, 1.82) is 0 Å². The van der Waals surface area contributed by atoms with E-state index < -0.39 is 0 Å². The molecule has 0 aromatic carbocycles. The Morgan fingerprint density at radius 2 is 2.40 bits per heavy atom. The molecule has 5 heteroatoms. The molecule has 1 heterocycles. The molecule has 0 fully saturated rings. The number of aromatic nitrogens is 1. The molecule has 1 aromatic rings. The minimum absolute atomic E-state index is 0.146. The lowest BCUT2D eigenvalue weighted by Crippen LogP contribution is -2.26. The maximum absolute atomic E-state index is 11.5. The van der Waals surface area contributed by atoms with E-state index in [1.54, 1.807) is 19.2 Å². The van der Waals surface area contributed by atoms with Gasteiger partial charge in [0.2, 0.25) is 5.91 Å². The van der Waals surface area contributed by atoms with Crippen LogP contribution in [0.1, 0.15) is 12.5 Å². The fraction of sp³-hybridized carbons (Fsp3) is 0.400. The van der Waals surface area contributed by atoms with Crippen LogP contribution >= 0.6 is 11.6 Å². The summed E-state index contributed by atoms with van der Waals surface area (Å²) in [5.41, 5.74) is 6.85. The Balaban J connectivity index is 2.80. The van der Waals surface area contributed by atoms with E-state index in [9.17, 15) is 4.79 Å². The van der Waals surface area contributed by atoms with Gasteiger partial charge in [-0.25, -0.2) is 4.98 Å². The highest BCUT2D eigenvalue weighted by Gasteiger charge is 2.12. The smallest absolute Gasteiger partial charge is 0.228 e. The number of hydrogen-bond donors (Lipinski definition) is 2. The number of nitrogens with one attached hydrogen (secondary N) is 1. The normalized spacial score (nSPS) is 12.3. The van der Waals surface area contributed by atoms with Gasteiger partial charge in [0.25, 0.3) is 0 Å². The number of carbonyl (C=O) groups excluding carboxylic acids is 1. The SMILES string of the molecule is Cc1cnc(Cl)c(NC(=O)C(C)CN)c1. The summed E-state index contributed by atoms with van der Waals surface area (Å²) in [6.45, 7) is 3.94. The quantitative estimate of drug-likeness (QED) is 0.771. The summed E-state index contributed by atoms with van der Waals surface area (Å²) in [5, 5.41) is 2.98. The molecule has 1 atom stereocenters. The van der Waals surface area contributed by atoms with Gasteiger partial charge in [0.1, 0.15) is 0 Å². The first-order valence-electron chi connectivity index (χ1n) is 4.67. The first-order valence-corrected chi connectivity index (χ1v) is 5.05. The summed E-state index contributed by atoms with van der Waals surface area (Å²) < 4.78 is 0. The zero-order valence-electron chi connectivity index (χ0n) is 8.75. The van der Waals surface area contributed by atoms with Gasteiger partial charge in [0, 0.05) is 18.7 Å². The highest BCUT2D eigenvalue weighted by atomic mass is 35.5. The molecule has 1 rings (SSSR count). The van der Waals surface area contributed by atoms with Crippen LogP contribution in [0.2, 0.25) is 5.15 Å². The second-order valence-corrected chi connectivity index (χ2v) is 3.84. The Bertz CT molecular complexity index is 368. The van der Waals surface area contributed by atoms with Crippen LogP contribution in [-0.4, -0.2) is 17.4 Å². The third-order valence-electron chi connectivity index (χ3n) is 2.03. The van der Waals surface area contributed by atoms with E-state index in [0.29, 0.717) is 12.2 Å². The average molecular weight is 228 g/mol. The molecule has 0 bridgehead atoms. The van der Waals surface area contributed by atoms with Crippen LogP contribution in [0, 0.1) is 12.8 Å². The molecule has 0 aliphatic rings. The maximum Gasteiger partial charge on any atom is 0.228 e. The average Bonchev–Trinajstić information content (AvgIpc) is 2.22. The molecular formula is C10H14ClN3O. The molecule has 0 aliphatic heterocycles. The number of amides is 1. The van der Waals surface area contributed by atoms with Crippen molar-refractivity contribution in [3.63, 3.8) is 0 Å². The van der Waals surface area contributed by atoms with Crippen molar-refractivity contribution >= 4 is 23.2 Å². The van der Waals surface area contributed by atoms with Gasteiger partial charge in [-0.3, -0.25) is 4.79 Å². The van der Waals surface area contributed by atoms with Gasteiger partial charge >= 0.3 is 0 Å². The summed E-state index contributed by atoms with van der Waals surface area (Å²) in [6.07, 6.45) is 1.64. The second-order valence-electron chi connectivity index (χ2n) is 3.48. The molecule has 0 spiro atoms. The zero-order chi connectivity index (χ0) is 11.4. The van der Waals surface area contributed by atoms with E-state index in [2.05, 4.69) is 10.3 Å². The van der Waals surface area contributed by atoms with E-state index in [0.717, 1.165) is 5.56 Å². The van der Waals surface area contributed by atoms with Crippen molar-refractivity contribution in [2.24, 2.45) is 11.7 Å². The van der Waals surface area contributed by atoms with Gasteiger partial charge in [-0.05, 0) is 18.6 Å². The monoisotopic (exact) mass is 227 g/mol. The van der Waals surface area contributed by atoms with Gasteiger partial charge in [0.15, 0.2) is 5.15 Å². The predicted molar refractivity (Wildman–Crippen MR) is 60.8 cm³/mol. The van der Waals surface area contributed by atoms with Crippen molar-refractivity contribution in [1.82, 2.24) is 4.98 Å². The standard InChI is InChI=1S/C10H14ClN3O/c1-6-3-8(9(11)13-5-6)14-10(15)7(2)4-12/h3,5,7H,4,12H2,1-2H3,(H,14,15). The Morgan fingerprint density at radius 3 is 3.00 bits per heavy atom. The van der Waals surface area contributed by atoms with Crippen LogP contribution in [0.4, 0.5) is 5.69 Å². The molecule has 1 unspecified atom stereocenters. The third-order valence-corrected chi connectivity index (χ3v) is 2.34. The van der Waals surface area contributed by atoms with Crippen molar-refractivity contribution in [2.75, 3.05) is 11.9 Å². The molecule has 0 radical (unpaired) electrons. The number of rotatable bonds is 3. The Labute approximate surface area is 93.8 Å². The number of aryl methyl sites for hydroxylation is 1. The number of nitrogens with zero attached hydrogens (tertiary/aromatic N) is 1. The number of hydrogen-bond acceptors (Lipinski definition) is 3. The number of anilines is 1. The van der Waals surface area contributed by atoms with Gasteiger partial charge in [0.05, 0.1) is 5.69 Å². The summed E-state index contributed by atoms with van der Waals surface area (Å²) in [5.74, 6) is -0.381. The largest absolute Gasteiger partial charge is 0.330 e. The highest BCUT2D eigenvalue weighted by molar-refractivity contribution is 6.32. The van der Waals surface area contributed by atoms with E-state index in [4.69, 9.17) is 17.3 Å². The second kappa shape index (κ2) is 5.09. The van der Waals surface area contributed by atoms with Crippen LogP contribution in [0.25, 0.3) is 0 Å². The number of carbonyl (C=O) groups is 1. The Kier molecular flexibility index (Phi) is 4.05. The summed E-state index contributed by atoms with van der Waals surface area (Å²) in [4.78, 5) is 15.5. The molecule has 0 saturated carbocycles. The molecule has 82 valence electrons. The van der Waals surface area contributed by atoms with Gasteiger partial charge in [-0.15, -0.1) is 0 Å². The van der Waals surface area contributed by atoms with Crippen LogP contribution in [0.15, 0.2) is 12.3 Å². The van der Waals surface area contributed by atoms with Crippen molar-refractivity contribution in [3.05, 3.63) is 23.0 Å². The summed E-state index contributed by atoms with van der Waals surface area (Å²) >= 11 is 5.83. The lowest BCUT2D eigenvalue weighted by Gasteiger charge is -2.11. The summed E-state index contributed by atoms with van der Waals surface area (Å²) in [7, 11) is 0. The van der Waals surface area contributed by atoms with E-state index >= 15 is 0 Å². The summed E-state index contributed by atoms with van der Waals surface area (Å²) in [6, 6.07) is 1.77. The number of nitrogens with two attached hydrogens (primary N) is 1. The number of halogens is 1. The fourth-order valence-electron chi connectivity index (χ4n) is 1.00. The molecule has 0 aliphatic carbocycles. The number of pyridine rings is 1. The van der Waals surface area contributed by atoms with E-state index in [1.165, 1.54) is 0 Å². The van der Waals surface area contributed by atoms with Crippen LogP contribution in [0.5, 0.6) is 0 Å². The van der Waals surface area contributed by atoms with Crippen LogP contribution in [-0.2, 0) is 4.79 Å². The van der Waals surface area contributed by atoms with Gasteiger partial charge in [-0.2, -0.15) is 0 Å². The lowest BCUT2D eigenvalue weighted by molar-refractivity contribution is -0.119. The highest BCUT2D eigenvalue weighted by Crippen LogP contribution is 2.20. The van der Waals surface area contributed by atoms with Crippen molar-refractivity contribution < 1.29 is 4.79 Å². The van der Waals surface area contributed by atoms with Crippen molar-refractivity contribution in [3.8, 4) is 0 Å². The molecular weight excluding hydrogens is 214 g/mol. The van der Waals surface area contributed by atoms with E-state index in [1.807, 2.05) is 6.92 Å².